The van der Waals surface area contributed by atoms with Crippen molar-refractivity contribution in [3.63, 3.8) is 0 Å². The Bertz CT molecular complexity index is 1010. The maximum atomic E-state index is 6.06. The van der Waals surface area contributed by atoms with Crippen LogP contribution >= 0.6 is 15.9 Å². The summed E-state index contributed by atoms with van der Waals surface area (Å²) in [6.07, 6.45) is 3.47. The number of rotatable bonds is 4. The highest BCUT2D eigenvalue weighted by Gasteiger charge is 2.08. The number of aromatic nitrogens is 3. The van der Waals surface area contributed by atoms with Crippen LogP contribution in [-0.4, -0.2) is 14.6 Å². The van der Waals surface area contributed by atoms with Crippen molar-refractivity contribution in [2.45, 2.75) is 12.8 Å². The number of halogens is 1. The first-order chi connectivity index (χ1) is 12.2. The van der Waals surface area contributed by atoms with Crippen molar-refractivity contribution in [3.05, 3.63) is 82.6 Å². The van der Waals surface area contributed by atoms with Crippen LogP contribution in [0.5, 0.6) is 0 Å². The molecule has 0 atom stereocenters. The van der Waals surface area contributed by atoms with Crippen molar-refractivity contribution in [1.29, 1.82) is 0 Å². The van der Waals surface area contributed by atoms with Gasteiger partial charge in [-0.05, 0) is 45.5 Å². The maximum absolute atomic E-state index is 6.06. The first kappa shape index (κ1) is 15.8. The summed E-state index contributed by atoms with van der Waals surface area (Å²) < 4.78 is 2.50. The molecule has 25 heavy (non-hydrogen) atoms. The van der Waals surface area contributed by atoms with Crippen molar-refractivity contribution >= 4 is 27.4 Å². The Hall–Kier alpha value is -2.66. The SMILES string of the molecule is Nc1cc(CCc2ccc(-c3ccccc3)cc2)nc2c(Br)cnn12. The molecule has 5 heteroatoms. The van der Waals surface area contributed by atoms with Crippen molar-refractivity contribution in [2.75, 3.05) is 5.73 Å². The zero-order valence-corrected chi connectivity index (χ0v) is 15.1. The van der Waals surface area contributed by atoms with Gasteiger partial charge in [0.25, 0.3) is 0 Å². The second-order valence-corrected chi connectivity index (χ2v) is 6.82. The van der Waals surface area contributed by atoms with E-state index in [1.807, 2.05) is 12.1 Å². The van der Waals surface area contributed by atoms with E-state index in [4.69, 9.17) is 5.73 Å². The molecular formula is C20H17BrN4. The van der Waals surface area contributed by atoms with Crippen LogP contribution < -0.4 is 5.73 Å². The van der Waals surface area contributed by atoms with Gasteiger partial charge < -0.3 is 5.73 Å². The van der Waals surface area contributed by atoms with Gasteiger partial charge in [0.15, 0.2) is 5.65 Å². The number of benzene rings is 2. The van der Waals surface area contributed by atoms with E-state index in [1.165, 1.54) is 16.7 Å². The molecule has 0 saturated heterocycles. The van der Waals surface area contributed by atoms with E-state index < -0.39 is 0 Å². The zero-order valence-electron chi connectivity index (χ0n) is 13.6. The number of nitrogens with zero attached hydrogens (tertiary/aromatic N) is 3. The quantitative estimate of drug-likeness (QED) is 0.555. The molecule has 0 unspecified atom stereocenters. The molecule has 2 N–H and O–H groups in total. The molecule has 0 aliphatic carbocycles. The van der Waals surface area contributed by atoms with Gasteiger partial charge >= 0.3 is 0 Å². The van der Waals surface area contributed by atoms with Crippen LogP contribution in [0, 0.1) is 0 Å². The van der Waals surface area contributed by atoms with E-state index in [-0.39, 0.29) is 0 Å². The molecule has 0 bridgehead atoms. The van der Waals surface area contributed by atoms with E-state index in [1.54, 1.807) is 10.7 Å². The Kier molecular flexibility index (Phi) is 4.24. The molecule has 4 rings (SSSR count). The third-order valence-corrected chi connectivity index (χ3v) is 4.80. The molecule has 0 spiro atoms. The molecule has 4 aromatic rings. The molecule has 2 aromatic carbocycles. The molecule has 2 aromatic heterocycles. The number of nitrogen functional groups attached to an aromatic ring is 1. The van der Waals surface area contributed by atoms with Crippen LogP contribution in [0.15, 0.2) is 71.3 Å². The van der Waals surface area contributed by atoms with E-state index in [0.29, 0.717) is 5.82 Å². The molecule has 2 heterocycles. The highest BCUT2D eigenvalue weighted by atomic mass is 79.9. The lowest BCUT2D eigenvalue weighted by Gasteiger charge is -2.06. The van der Waals surface area contributed by atoms with E-state index in [2.05, 4.69) is 74.5 Å². The standard InChI is InChI=1S/C20H17BrN4/c21-18-13-23-25-19(22)12-17(24-20(18)25)11-8-14-6-9-16(10-7-14)15-4-2-1-3-5-15/h1-7,9-10,12-13H,8,11,22H2. The molecule has 4 nitrogen and oxygen atoms in total. The highest BCUT2D eigenvalue weighted by molar-refractivity contribution is 9.10. The monoisotopic (exact) mass is 392 g/mol. The second-order valence-electron chi connectivity index (χ2n) is 5.96. The fourth-order valence-corrected chi connectivity index (χ4v) is 3.26. The van der Waals surface area contributed by atoms with Crippen molar-refractivity contribution in [1.82, 2.24) is 14.6 Å². The second kappa shape index (κ2) is 6.69. The van der Waals surface area contributed by atoms with Gasteiger partial charge in [-0.15, -0.1) is 0 Å². The molecule has 0 saturated carbocycles. The summed E-state index contributed by atoms with van der Waals surface area (Å²) >= 11 is 3.46. The Labute approximate surface area is 154 Å². The first-order valence-electron chi connectivity index (χ1n) is 8.14. The summed E-state index contributed by atoms with van der Waals surface area (Å²) in [7, 11) is 0. The van der Waals surface area contributed by atoms with Crippen LogP contribution in [0.25, 0.3) is 16.8 Å². The minimum atomic E-state index is 0.602. The topological polar surface area (TPSA) is 56.2 Å². The summed E-state index contributed by atoms with van der Waals surface area (Å²) in [5.41, 5.74) is 11.5. The van der Waals surface area contributed by atoms with Gasteiger partial charge in [-0.2, -0.15) is 9.61 Å². The van der Waals surface area contributed by atoms with Gasteiger partial charge in [0, 0.05) is 11.8 Å². The molecule has 124 valence electrons. The molecular weight excluding hydrogens is 376 g/mol. The van der Waals surface area contributed by atoms with E-state index in [9.17, 15) is 0 Å². The minimum Gasteiger partial charge on any atom is -0.384 e. The molecule has 0 aliphatic heterocycles. The van der Waals surface area contributed by atoms with Gasteiger partial charge in [0.1, 0.15) is 5.82 Å². The van der Waals surface area contributed by atoms with Crippen LogP contribution in [0.1, 0.15) is 11.3 Å². The van der Waals surface area contributed by atoms with Gasteiger partial charge in [-0.3, -0.25) is 0 Å². The summed E-state index contributed by atoms with van der Waals surface area (Å²) in [5.74, 6) is 0.602. The van der Waals surface area contributed by atoms with Gasteiger partial charge in [0.05, 0.1) is 10.7 Å². The Morgan fingerprint density at radius 3 is 2.40 bits per heavy atom. The van der Waals surface area contributed by atoms with Gasteiger partial charge in [0.2, 0.25) is 0 Å². The van der Waals surface area contributed by atoms with Crippen molar-refractivity contribution < 1.29 is 0 Å². The maximum Gasteiger partial charge on any atom is 0.171 e. The van der Waals surface area contributed by atoms with Crippen LogP contribution in [0.3, 0.4) is 0 Å². The Balaban J connectivity index is 1.51. The Morgan fingerprint density at radius 2 is 1.64 bits per heavy atom. The molecule has 0 aliphatic rings. The average Bonchev–Trinajstić information content (AvgIpc) is 3.03. The largest absolute Gasteiger partial charge is 0.384 e. The third kappa shape index (κ3) is 3.28. The van der Waals surface area contributed by atoms with Crippen molar-refractivity contribution in [3.8, 4) is 11.1 Å². The lowest BCUT2D eigenvalue weighted by atomic mass is 10.0. The van der Waals surface area contributed by atoms with Crippen LogP contribution in [0.4, 0.5) is 5.82 Å². The third-order valence-electron chi connectivity index (χ3n) is 4.24. The molecule has 0 amide bonds. The first-order valence-corrected chi connectivity index (χ1v) is 8.93. The van der Waals surface area contributed by atoms with Gasteiger partial charge in [-0.1, -0.05) is 54.6 Å². The van der Waals surface area contributed by atoms with Crippen LogP contribution in [-0.2, 0) is 12.8 Å². The fourth-order valence-electron chi connectivity index (χ4n) is 2.91. The highest BCUT2D eigenvalue weighted by Crippen LogP contribution is 2.21. The minimum absolute atomic E-state index is 0.602. The normalized spacial score (nSPS) is 11.1. The number of nitrogens with two attached hydrogens (primary N) is 1. The lowest BCUT2D eigenvalue weighted by Crippen LogP contribution is -2.04. The zero-order chi connectivity index (χ0) is 17.2. The predicted molar refractivity (Wildman–Crippen MR) is 104 cm³/mol. The number of anilines is 1. The Morgan fingerprint density at radius 1 is 0.920 bits per heavy atom. The average molecular weight is 393 g/mol. The van der Waals surface area contributed by atoms with E-state index in [0.717, 1.165) is 28.7 Å². The summed E-state index contributed by atoms with van der Waals surface area (Å²) in [6, 6.07) is 21.0. The summed E-state index contributed by atoms with van der Waals surface area (Å²) in [6.45, 7) is 0. The number of fused-ring (bicyclic) bond motifs is 1. The number of hydrogen-bond donors (Lipinski definition) is 1. The fraction of sp³-hybridized carbons (Fsp3) is 0.100. The van der Waals surface area contributed by atoms with Crippen LogP contribution in [0.2, 0.25) is 0 Å². The van der Waals surface area contributed by atoms with Gasteiger partial charge in [-0.25, -0.2) is 4.98 Å². The van der Waals surface area contributed by atoms with Crippen molar-refractivity contribution in [2.24, 2.45) is 0 Å². The van der Waals surface area contributed by atoms with E-state index >= 15 is 0 Å². The summed E-state index contributed by atoms with van der Waals surface area (Å²) in [4.78, 5) is 4.65. The number of hydrogen-bond acceptors (Lipinski definition) is 3. The lowest BCUT2D eigenvalue weighted by molar-refractivity contribution is 0.883. The molecule has 0 radical (unpaired) electrons. The summed E-state index contributed by atoms with van der Waals surface area (Å²) in [5, 5.41) is 4.20. The number of aryl methyl sites for hydroxylation is 2. The molecule has 0 fully saturated rings. The smallest absolute Gasteiger partial charge is 0.171 e. The predicted octanol–water partition coefficient (Wildman–Crippen LogP) is 4.53.